The lowest BCUT2D eigenvalue weighted by Crippen LogP contribution is -2.12. The van der Waals surface area contributed by atoms with Gasteiger partial charge in [0, 0.05) is 35.4 Å². The number of fused-ring (bicyclic) bond motifs is 2. The topological polar surface area (TPSA) is 92.3 Å². The Morgan fingerprint density at radius 1 is 0.885 bits per heavy atom. The van der Waals surface area contributed by atoms with Crippen molar-refractivity contribution in [3.05, 3.63) is 58.7 Å². The molecule has 26 heavy (non-hydrogen) atoms. The number of thioether (sulfide) groups is 1. The Morgan fingerprint density at radius 2 is 1.42 bits per heavy atom. The average Bonchev–Trinajstić information content (AvgIpc) is 3.17. The first-order chi connectivity index (χ1) is 12.3. The molecule has 4 rings (SSSR count). The standard InChI is InChI=1S/C9H9NO3S.C9H9NOS/c1-14(12,13)7-3-2-6-5-10-9(11)8(6)4-7;1-12-7-3-2-6-5-10-9(11)8(6)4-7/h2-4H,5H2,1H3,(H,10,11);2-4H,5H2,1H3,(H,10,11). The second kappa shape index (κ2) is 7.13. The predicted octanol–water partition coefficient (Wildman–Crippen LogP) is 1.99. The van der Waals surface area contributed by atoms with Crippen LogP contribution in [0.15, 0.2) is 46.2 Å². The molecule has 2 N–H and O–H groups in total. The minimum Gasteiger partial charge on any atom is -0.348 e. The molecule has 0 aliphatic carbocycles. The van der Waals surface area contributed by atoms with E-state index in [9.17, 15) is 18.0 Å². The van der Waals surface area contributed by atoms with Crippen molar-refractivity contribution < 1.29 is 18.0 Å². The van der Waals surface area contributed by atoms with Crippen LogP contribution in [0.3, 0.4) is 0 Å². The first kappa shape index (κ1) is 18.5. The molecule has 2 aliphatic heterocycles. The first-order valence-corrected chi connectivity index (χ1v) is 11.0. The molecule has 0 bridgehead atoms. The number of hydrogen-bond donors (Lipinski definition) is 2. The van der Waals surface area contributed by atoms with E-state index in [0.29, 0.717) is 18.7 Å². The highest BCUT2D eigenvalue weighted by Gasteiger charge is 2.21. The van der Waals surface area contributed by atoms with E-state index in [1.807, 2.05) is 24.5 Å². The summed E-state index contributed by atoms with van der Waals surface area (Å²) in [7, 11) is -3.23. The highest BCUT2D eigenvalue weighted by molar-refractivity contribution is 7.98. The summed E-state index contributed by atoms with van der Waals surface area (Å²) < 4.78 is 22.4. The molecule has 0 saturated carbocycles. The highest BCUT2D eigenvalue weighted by Crippen LogP contribution is 2.22. The van der Waals surface area contributed by atoms with Gasteiger partial charge < -0.3 is 10.6 Å². The SMILES string of the molecule is CS(=O)(=O)c1ccc2c(c1)C(=O)NC2.CSc1ccc2c(c1)C(=O)NC2. The van der Waals surface area contributed by atoms with Crippen molar-refractivity contribution in [3.63, 3.8) is 0 Å². The van der Waals surface area contributed by atoms with Crippen molar-refractivity contribution in [2.75, 3.05) is 12.5 Å². The monoisotopic (exact) mass is 390 g/mol. The van der Waals surface area contributed by atoms with Gasteiger partial charge in [-0.25, -0.2) is 8.42 Å². The van der Waals surface area contributed by atoms with Gasteiger partial charge in [0.15, 0.2) is 9.84 Å². The Morgan fingerprint density at radius 3 is 1.96 bits per heavy atom. The zero-order valence-corrected chi connectivity index (χ0v) is 16.0. The maximum atomic E-state index is 11.2. The third-order valence-electron chi connectivity index (χ3n) is 4.19. The molecule has 0 unspecified atom stereocenters. The Labute approximate surface area is 156 Å². The number of carbonyl (C=O) groups excluding carboxylic acids is 2. The minimum absolute atomic E-state index is 0.0564. The van der Waals surface area contributed by atoms with Crippen LogP contribution in [0.4, 0.5) is 0 Å². The fourth-order valence-corrected chi connectivity index (χ4v) is 3.83. The van der Waals surface area contributed by atoms with Gasteiger partial charge in [-0.15, -0.1) is 11.8 Å². The number of nitrogens with one attached hydrogen (secondary N) is 2. The molecule has 0 radical (unpaired) electrons. The number of sulfone groups is 1. The summed E-state index contributed by atoms with van der Waals surface area (Å²) in [5, 5.41) is 5.42. The van der Waals surface area contributed by atoms with Crippen LogP contribution in [0.2, 0.25) is 0 Å². The van der Waals surface area contributed by atoms with E-state index >= 15 is 0 Å². The fourth-order valence-electron chi connectivity index (χ4n) is 2.74. The Hall–Kier alpha value is -2.32. The lowest BCUT2D eigenvalue weighted by molar-refractivity contribution is 0.0957. The number of hydrogen-bond acceptors (Lipinski definition) is 5. The van der Waals surface area contributed by atoms with Crippen molar-refractivity contribution in [2.24, 2.45) is 0 Å². The molecular formula is C18H18N2O4S2. The molecule has 2 aromatic rings. The molecule has 6 nitrogen and oxygen atoms in total. The summed E-state index contributed by atoms with van der Waals surface area (Å²) in [6.07, 6.45) is 3.14. The van der Waals surface area contributed by atoms with E-state index in [2.05, 4.69) is 10.6 Å². The number of carbonyl (C=O) groups is 2. The maximum Gasteiger partial charge on any atom is 0.251 e. The van der Waals surface area contributed by atoms with E-state index in [1.165, 1.54) is 12.1 Å². The van der Waals surface area contributed by atoms with Crippen LogP contribution in [0.25, 0.3) is 0 Å². The summed E-state index contributed by atoms with van der Waals surface area (Å²) in [6.45, 7) is 1.17. The largest absolute Gasteiger partial charge is 0.348 e. The van der Waals surface area contributed by atoms with Gasteiger partial charge in [-0.2, -0.15) is 0 Å². The van der Waals surface area contributed by atoms with E-state index in [4.69, 9.17) is 0 Å². The zero-order valence-electron chi connectivity index (χ0n) is 14.3. The molecule has 136 valence electrons. The second-order valence-corrected chi connectivity index (χ2v) is 8.87. The molecule has 8 heteroatoms. The maximum absolute atomic E-state index is 11.2. The summed E-state index contributed by atoms with van der Waals surface area (Å²) in [5.41, 5.74) is 3.26. The number of benzene rings is 2. The van der Waals surface area contributed by atoms with Gasteiger partial charge >= 0.3 is 0 Å². The van der Waals surface area contributed by atoms with Crippen molar-refractivity contribution in [2.45, 2.75) is 22.9 Å². The van der Waals surface area contributed by atoms with E-state index < -0.39 is 9.84 Å². The Kier molecular flexibility index (Phi) is 5.06. The summed E-state index contributed by atoms with van der Waals surface area (Å²) in [5.74, 6) is -0.147. The molecule has 0 aromatic heterocycles. The van der Waals surface area contributed by atoms with Crippen LogP contribution >= 0.6 is 11.8 Å². The van der Waals surface area contributed by atoms with Gasteiger partial charge in [0.25, 0.3) is 11.8 Å². The summed E-state index contributed by atoms with van der Waals surface area (Å²) >= 11 is 1.66. The number of rotatable bonds is 2. The van der Waals surface area contributed by atoms with Gasteiger partial charge in [-0.1, -0.05) is 12.1 Å². The smallest absolute Gasteiger partial charge is 0.251 e. The molecule has 2 amide bonds. The average molecular weight is 390 g/mol. The third kappa shape index (κ3) is 3.76. The molecule has 0 atom stereocenters. The minimum atomic E-state index is -3.23. The molecular weight excluding hydrogens is 372 g/mol. The molecule has 0 saturated heterocycles. The van der Waals surface area contributed by atoms with Gasteiger partial charge in [-0.05, 0) is 41.6 Å². The van der Waals surface area contributed by atoms with Gasteiger partial charge in [0.05, 0.1) is 4.90 Å². The van der Waals surface area contributed by atoms with Gasteiger partial charge in [0.1, 0.15) is 0 Å². The van der Waals surface area contributed by atoms with Crippen molar-refractivity contribution in [3.8, 4) is 0 Å². The van der Waals surface area contributed by atoms with Crippen LogP contribution < -0.4 is 10.6 Å². The van der Waals surface area contributed by atoms with Crippen LogP contribution in [0.1, 0.15) is 31.8 Å². The first-order valence-electron chi connectivity index (χ1n) is 7.86. The number of amides is 2. The van der Waals surface area contributed by atoms with Crippen LogP contribution in [-0.4, -0.2) is 32.7 Å². The second-order valence-electron chi connectivity index (χ2n) is 5.98. The highest BCUT2D eigenvalue weighted by atomic mass is 32.2. The lowest BCUT2D eigenvalue weighted by Gasteiger charge is -2.00. The van der Waals surface area contributed by atoms with Crippen LogP contribution in [-0.2, 0) is 22.9 Å². The van der Waals surface area contributed by atoms with Crippen LogP contribution in [0.5, 0.6) is 0 Å². The van der Waals surface area contributed by atoms with Crippen molar-refractivity contribution in [1.29, 1.82) is 0 Å². The fraction of sp³-hybridized carbons (Fsp3) is 0.222. The Bertz CT molecular complexity index is 1000. The molecule has 0 spiro atoms. The lowest BCUT2D eigenvalue weighted by atomic mass is 10.1. The predicted molar refractivity (Wildman–Crippen MR) is 100 cm³/mol. The van der Waals surface area contributed by atoms with Gasteiger partial charge in [0.2, 0.25) is 0 Å². The van der Waals surface area contributed by atoms with Gasteiger partial charge in [-0.3, -0.25) is 9.59 Å². The van der Waals surface area contributed by atoms with Crippen molar-refractivity contribution in [1.82, 2.24) is 10.6 Å². The molecule has 2 aromatic carbocycles. The normalized spacial score (nSPS) is 14.7. The Balaban J connectivity index is 0.000000152. The summed E-state index contributed by atoms with van der Waals surface area (Å²) in [6, 6.07) is 10.6. The summed E-state index contributed by atoms with van der Waals surface area (Å²) in [4.78, 5) is 23.8. The quantitative estimate of drug-likeness (QED) is 0.765. The third-order valence-corrected chi connectivity index (χ3v) is 6.03. The van der Waals surface area contributed by atoms with E-state index in [0.717, 1.165) is 27.8 Å². The molecule has 2 aliphatic rings. The van der Waals surface area contributed by atoms with Crippen molar-refractivity contribution >= 4 is 33.4 Å². The molecule has 0 fully saturated rings. The van der Waals surface area contributed by atoms with Crippen LogP contribution in [0, 0.1) is 0 Å². The van der Waals surface area contributed by atoms with E-state index in [-0.39, 0.29) is 16.7 Å². The zero-order chi connectivity index (χ0) is 18.9. The molecule has 2 heterocycles. The van der Waals surface area contributed by atoms with E-state index in [1.54, 1.807) is 17.8 Å².